The highest BCUT2D eigenvalue weighted by Gasteiger charge is 2.13. The van der Waals surface area contributed by atoms with Crippen LogP contribution in [0.5, 0.6) is 17.2 Å². The van der Waals surface area contributed by atoms with Crippen molar-refractivity contribution in [3.63, 3.8) is 0 Å². The quantitative estimate of drug-likeness (QED) is 0.909. The molecule has 0 aliphatic heterocycles. The van der Waals surface area contributed by atoms with Crippen LogP contribution in [0.2, 0.25) is 0 Å². The summed E-state index contributed by atoms with van der Waals surface area (Å²) in [6, 6.07) is 8.26. The maximum atomic E-state index is 13.3. The summed E-state index contributed by atoms with van der Waals surface area (Å²) < 4.78 is 23.1. The lowest BCUT2D eigenvalue weighted by atomic mass is 10.1. The van der Waals surface area contributed by atoms with Gasteiger partial charge in [0.05, 0.1) is 19.8 Å². The van der Waals surface area contributed by atoms with Gasteiger partial charge < -0.3 is 19.9 Å². The van der Waals surface area contributed by atoms with Gasteiger partial charge in [0.25, 0.3) is 5.91 Å². The summed E-state index contributed by atoms with van der Waals surface area (Å²) >= 11 is 0. The molecule has 21 heavy (non-hydrogen) atoms. The number of carbonyl (C=O) groups excluding carboxylic acids is 1. The third-order valence-electron chi connectivity index (χ3n) is 2.86. The van der Waals surface area contributed by atoms with Gasteiger partial charge in [-0.25, -0.2) is 4.39 Å². The third kappa shape index (κ3) is 3.22. The van der Waals surface area contributed by atoms with Gasteiger partial charge in [-0.2, -0.15) is 0 Å². The Balaban J connectivity index is 2.22. The smallest absolute Gasteiger partial charge is 0.259 e. The molecule has 0 radical (unpaired) electrons. The first-order valence-corrected chi connectivity index (χ1v) is 6.07. The summed E-state index contributed by atoms with van der Waals surface area (Å²) in [4.78, 5) is 12.1. The van der Waals surface area contributed by atoms with Gasteiger partial charge in [0.2, 0.25) is 0 Å². The van der Waals surface area contributed by atoms with Crippen LogP contribution in [-0.4, -0.2) is 25.2 Å². The van der Waals surface area contributed by atoms with Crippen LogP contribution in [0, 0.1) is 5.82 Å². The Morgan fingerprint density at radius 3 is 2.52 bits per heavy atom. The molecule has 0 saturated carbocycles. The highest BCUT2D eigenvalue weighted by atomic mass is 19.1. The third-order valence-corrected chi connectivity index (χ3v) is 2.86. The number of amides is 1. The number of phenols is 1. The van der Waals surface area contributed by atoms with Crippen LogP contribution in [0.4, 0.5) is 10.1 Å². The van der Waals surface area contributed by atoms with Crippen LogP contribution in [0.1, 0.15) is 10.4 Å². The fourth-order valence-electron chi connectivity index (χ4n) is 1.77. The average Bonchev–Trinajstić information content (AvgIpc) is 2.48. The van der Waals surface area contributed by atoms with Gasteiger partial charge in [0, 0.05) is 17.8 Å². The number of nitrogens with one attached hydrogen (secondary N) is 1. The summed E-state index contributed by atoms with van der Waals surface area (Å²) in [7, 11) is 2.79. The number of hydrogen-bond donors (Lipinski definition) is 2. The van der Waals surface area contributed by atoms with E-state index in [1.165, 1.54) is 44.6 Å². The zero-order chi connectivity index (χ0) is 15.4. The number of hydrogen-bond acceptors (Lipinski definition) is 4. The van der Waals surface area contributed by atoms with E-state index in [1.807, 2.05) is 0 Å². The molecule has 0 aromatic heterocycles. The van der Waals surface area contributed by atoms with Crippen molar-refractivity contribution in [1.82, 2.24) is 0 Å². The lowest BCUT2D eigenvalue weighted by molar-refractivity contribution is 0.102. The zero-order valence-electron chi connectivity index (χ0n) is 11.5. The predicted octanol–water partition coefficient (Wildman–Crippen LogP) is 2.80. The normalized spacial score (nSPS) is 10.0. The minimum absolute atomic E-state index is 0.0201. The topological polar surface area (TPSA) is 67.8 Å². The number of benzene rings is 2. The molecule has 2 rings (SSSR count). The lowest BCUT2D eigenvalue weighted by Gasteiger charge is -2.09. The zero-order valence-corrected chi connectivity index (χ0v) is 11.5. The number of phenolic OH excluding ortho intramolecular Hbond substituents is 1. The van der Waals surface area contributed by atoms with Crippen molar-refractivity contribution in [2.24, 2.45) is 0 Å². The second-order valence-electron chi connectivity index (χ2n) is 4.19. The predicted molar refractivity (Wildman–Crippen MR) is 75.6 cm³/mol. The highest BCUT2D eigenvalue weighted by molar-refractivity contribution is 6.06. The maximum Gasteiger partial charge on any atom is 0.259 e. The first-order chi connectivity index (χ1) is 10.0. The van der Waals surface area contributed by atoms with Crippen molar-refractivity contribution in [3.05, 3.63) is 47.8 Å². The van der Waals surface area contributed by atoms with E-state index in [1.54, 1.807) is 6.07 Å². The summed E-state index contributed by atoms with van der Waals surface area (Å²) in [5.74, 6) is -0.799. The SMILES string of the molecule is COc1ccc(C(=O)Nc2ccc(F)c(OC)c2)c(O)c1. The van der Waals surface area contributed by atoms with E-state index in [4.69, 9.17) is 9.47 Å². The van der Waals surface area contributed by atoms with E-state index in [-0.39, 0.29) is 17.1 Å². The Hall–Kier alpha value is -2.76. The minimum atomic E-state index is -0.525. The Labute approximate surface area is 120 Å². The number of aromatic hydroxyl groups is 1. The van der Waals surface area contributed by atoms with Crippen LogP contribution < -0.4 is 14.8 Å². The van der Waals surface area contributed by atoms with Crippen molar-refractivity contribution in [3.8, 4) is 17.2 Å². The van der Waals surface area contributed by atoms with E-state index in [9.17, 15) is 14.3 Å². The monoisotopic (exact) mass is 291 g/mol. The van der Waals surface area contributed by atoms with E-state index >= 15 is 0 Å². The van der Waals surface area contributed by atoms with E-state index in [0.717, 1.165) is 0 Å². The van der Waals surface area contributed by atoms with Gasteiger partial charge in [-0.05, 0) is 24.3 Å². The van der Waals surface area contributed by atoms with E-state index < -0.39 is 11.7 Å². The van der Waals surface area contributed by atoms with Crippen LogP contribution in [0.15, 0.2) is 36.4 Å². The van der Waals surface area contributed by atoms with Crippen molar-refractivity contribution in [1.29, 1.82) is 0 Å². The molecule has 110 valence electrons. The van der Waals surface area contributed by atoms with Gasteiger partial charge >= 0.3 is 0 Å². The van der Waals surface area contributed by atoms with Crippen LogP contribution in [0.3, 0.4) is 0 Å². The second-order valence-corrected chi connectivity index (χ2v) is 4.19. The van der Waals surface area contributed by atoms with Crippen LogP contribution in [-0.2, 0) is 0 Å². The Morgan fingerprint density at radius 2 is 1.90 bits per heavy atom. The summed E-state index contributed by atoms with van der Waals surface area (Å²) in [5.41, 5.74) is 0.438. The molecule has 0 fully saturated rings. The van der Waals surface area contributed by atoms with Crippen molar-refractivity contribution in [2.75, 3.05) is 19.5 Å². The molecule has 2 aromatic rings. The van der Waals surface area contributed by atoms with E-state index in [0.29, 0.717) is 11.4 Å². The maximum absolute atomic E-state index is 13.3. The number of halogens is 1. The molecule has 2 aromatic carbocycles. The molecule has 0 unspecified atom stereocenters. The second kappa shape index (κ2) is 6.13. The molecule has 0 bridgehead atoms. The van der Waals surface area contributed by atoms with Crippen molar-refractivity contribution >= 4 is 11.6 Å². The number of methoxy groups -OCH3 is 2. The fraction of sp³-hybridized carbons (Fsp3) is 0.133. The van der Waals surface area contributed by atoms with Gasteiger partial charge in [-0.15, -0.1) is 0 Å². The molecule has 5 nitrogen and oxygen atoms in total. The molecule has 0 heterocycles. The minimum Gasteiger partial charge on any atom is -0.507 e. The molecular formula is C15H14FNO4. The molecule has 0 spiro atoms. The Bertz CT molecular complexity index is 673. The summed E-state index contributed by atoms with van der Waals surface area (Å²) in [6.45, 7) is 0. The van der Waals surface area contributed by atoms with Gasteiger partial charge in [-0.1, -0.05) is 0 Å². The average molecular weight is 291 g/mol. The van der Waals surface area contributed by atoms with E-state index in [2.05, 4.69) is 5.32 Å². The molecule has 1 amide bonds. The number of carbonyl (C=O) groups is 1. The first-order valence-electron chi connectivity index (χ1n) is 6.07. The molecule has 0 atom stereocenters. The summed E-state index contributed by atoms with van der Waals surface area (Å²) in [5, 5.41) is 12.3. The lowest BCUT2D eigenvalue weighted by Crippen LogP contribution is -2.12. The molecule has 0 aliphatic rings. The van der Waals surface area contributed by atoms with Crippen LogP contribution in [0.25, 0.3) is 0 Å². The number of ether oxygens (including phenoxy) is 2. The number of anilines is 1. The molecule has 0 saturated heterocycles. The highest BCUT2D eigenvalue weighted by Crippen LogP contribution is 2.26. The largest absolute Gasteiger partial charge is 0.507 e. The standard InChI is InChI=1S/C15H14FNO4/c1-20-10-4-5-11(13(18)8-10)15(19)17-9-3-6-12(16)14(7-9)21-2/h3-8,18H,1-2H3,(H,17,19). The first kappa shape index (κ1) is 14.6. The van der Waals surface area contributed by atoms with Crippen LogP contribution >= 0.6 is 0 Å². The fourth-order valence-corrected chi connectivity index (χ4v) is 1.77. The molecule has 6 heteroatoms. The van der Waals surface area contributed by atoms with Crippen molar-refractivity contribution in [2.45, 2.75) is 0 Å². The number of rotatable bonds is 4. The van der Waals surface area contributed by atoms with Gasteiger partial charge in [0.1, 0.15) is 11.5 Å². The van der Waals surface area contributed by atoms with Gasteiger partial charge in [-0.3, -0.25) is 4.79 Å². The Kier molecular flexibility index (Phi) is 4.27. The molecule has 0 aliphatic carbocycles. The van der Waals surface area contributed by atoms with Crippen molar-refractivity contribution < 1.29 is 23.8 Å². The summed E-state index contributed by atoms with van der Waals surface area (Å²) in [6.07, 6.45) is 0. The molecular weight excluding hydrogens is 277 g/mol. The van der Waals surface area contributed by atoms with Gasteiger partial charge in [0.15, 0.2) is 11.6 Å². The Morgan fingerprint density at radius 1 is 1.14 bits per heavy atom. The molecule has 2 N–H and O–H groups in total.